The molecule has 0 bridgehead atoms. The van der Waals surface area contributed by atoms with Gasteiger partial charge in [-0.2, -0.15) is 0 Å². The molecule has 0 saturated heterocycles. The van der Waals surface area contributed by atoms with Crippen molar-refractivity contribution in [3.05, 3.63) is 87.3 Å². The van der Waals surface area contributed by atoms with E-state index in [2.05, 4.69) is 102 Å². The summed E-state index contributed by atoms with van der Waals surface area (Å²) >= 11 is 0. The van der Waals surface area contributed by atoms with Gasteiger partial charge in [0, 0.05) is 6.54 Å². The fraction of sp³-hybridized carbons (Fsp3) is 0.385. The number of rotatable bonds is 6. The van der Waals surface area contributed by atoms with E-state index in [1.165, 1.54) is 39.0 Å². The molecule has 0 heterocycles. The van der Waals surface area contributed by atoms with Crippen molar-refractivity contribution in [3.8, 4) is 0 Å². The van der Waals surface area contributed by atoms with Gasteiger partial charge in [0.15, 0.2) is 0 Å². The maximum Gasteiger partial charge on any atom is 3.00 e. The minimum Gasteiger partial charge on any atom is -1.00 e. The third kappa shape index (κ3) is 7.24. The van der Waals surface area contributed by atoms with Crippen LogP contribution in [0.15, 0.2) is 54.1 Å². The maximum atomic E-state index is 5.25. The number of aryl methyl sites for hydroxylation is 3. The average molecular weight is 492 g/mol. The molecule has 2 nitrogen and oxygen atoms in total. The van der Waals surface area contributed by atoms with Gasteiger partial charge in [-0.15, -0.1) is 5.69 Å². The minimum absolute atomic E-state index is 0. The molecule has 0 atom stereocenters. The van der Waals surface area contributed by atoms with Crippen LogP contribution in [0.25, 0.3) is 10.9 Å². The second-order valence-corrected chi connectivity index (χ2v) is 8.85. The van der Waals surface area contributed by atoms with Gasteiger partial charge in [0.2, 0.25) is 0 Å². The zero-order chi connectivity index (χ0) is 20.5. The van der Waals surface area contributed by atoms with Crippen LogP contribution in [0, 0.1) is 20.8 Å². The van der Waals surface area contributed by atoms with Crippen LogP contribution in [-0.2, 0) is 27.3 Å². The van der Waals surface area contributed by atoms with Crippen LogP contribution in [0.3, 0.4) is 0 Å². The Bertz CT molecular complexity index is 923. The summed E-state index contributed by atoms with van der Waals surface area (Å²) < 4.78 is 0. The van der Waals surface area contributed by atoms with Gasteiger partial charge < -0.3 is 35.0 Å². The van der Waals surface area contributed by atoms with Crippen LogP contribution in [0.2, 0.25) is 0 Å². The normalized spacial score (nSPS) is 12.9. The molecule has 0 saturated carbocycles. The van der Waals surface area contributed by atoms with Crippen LogP contribution < -0.4 is 24.8 Å². The van der Waals surface area contributed by atoms with Crippen LogP contribution in [0.1, 0.15) is 48.1 Å². The molecule has 31 heavy (non-hydrogen) atoms. The fourth-order valence-electron chi connectivity index (χ4n) is 4.23. The van der Waals surface area contributed by atoms with E-state index in [-0.39, 0.29) is 52.1 Å². The Kier molecular flexibility index (Phi) is 11.9. The van der Waals surface area contributed by atoms with Crippen molar-refractivity contribution in [2.75, 3.05) is 20.6 Å². The molecule has 165 valence electrons. The van der Waals surface area contributed by atoms with E-state index < -0.39 is 0 Å². The first kappa shape index (κ1) is 30.0. The first-order chi connectivity index (χ1) is 13.2. The molecule has 0 amide bonds. The van der Waals surface area contributed by atoms with Gasteiger partial charge in [-0.1, -0.05) is 90.2 Å². The number of nitrogens with zero attached hydrogens (tertiary/aromatic N) is 2. The molecule has 1 radical (unpaired) electrons. The molecule has 1 aliphatic rings. The van der Waals surface area contributed by atoms with E-state index in [1.54, 1.807) is 0 Å². The van der Waals surface area contributed by atoms with Crippen LogP contribution in [0.5, 0.6) is 0 Å². The molecule has 0 unspecified atom stereocenters. The Hall–Kier alpha value is -1.03. The summed E-state index contributed by atoms with van der Waals surface area (Å²) in [4.78, 5) is 2.22. The molecule has 1 aliphatic carbocycles. The zero-order valence-electron chi connectivity index (χ0n) is 19.7. The summed E-state index contributed by atoms with van der Waals surface area (Å²) in [6, 6.07) is 13.2. The smallest absolute Gasteiger partial charge is 1.00 e. The molecule has 5 heteroatoms. The monoisotopic (exact) mass is 491 g/mol. The number of halogens is 2. The first-order valence-corrected chi connectivity index (χ1v) is 10.1. The predicted octanol–water partition coefficient (Wildman–Crippen LogP) is 0.833. The summed E-state index contributed by atoms with van der Waals surface area (Å²) in [6.45, 7) is 11.9. The molecule has 0 spiro atoms. The minimum atomic E-state index is -0.299. The molecule has 0 aliphatic heterocycles. The number of hydrogen-bond donors (Lipinski definition) is 0. The average Bonchev–Trinajstić information content (AvgIpc) is 3.06. The summed E-state index contributed by atoms with van der Waals surface area (Å²) in [5.74, 6) is 0. The SMILES string of the molecule is Cc1cc(C)c([N-]C(C)(C)c2ccccc2C2=CC(CN(C)C)=CC2)c(C)c1.[Cl-].[Cl-].[Ti+3]. The Balaban J connectivity index is 0.00000300. The van der Waals surface area contributed by atoms with E-state index in [0.29, 0.717) is 0 Å². The molecule has 2 aromatic carbocycles. The van der Waals surface area contributed by atoms with Crippen molar-refractivity contribution >= 4 is 11.3 Å². The third-order valence-electron chi connectivity index (χ3n) is 5.40. The summed E-state index contributed by atoms with van der Waals surface area (Å²) in [7, 11) is 4.24. The van der Waals surface area contributed by atoms with Crippen molar-refractivity contribution in [2.24, 2.45) is 0 Å². The molecule has 0 N–H and O–H groups in total. The third-order valence-corrected chi connectivity index (χ3v) is 5.40. The Morgan fingerprint density at radius 1 is 0.968 bits per heavy atom. The van der Waals surface area contributed by atoms with E-state index in [4.69, 9.17) is 5.32 Å². The topological polar surface area (TPSA) is 17.3 Å². The number of allylic oxidation sites excluding steroid dienone is 2. The second-order valence-electron chi connectivity index (χ2n) is 8.85. The van der Waals surface area contributed by atoms with Gasteiger partial charge in [0.1, 0.15) is 0 Å². The van der Waals surface area contributed by atoms with Crippen molar-refractivity contribution in [2.45, 2.75) is 46.6 Å². The predicted molar refractivity (Wildman–Crippen MR) is 122 cm³/mol. The zero-order valence-corrected chi connectivity index (χ0v) is 22.8. The van der Waals surface area contributed by atoms with E-state index in [0.717, 1.165) is 18.7 Å². The second kappa shape index (κ2) is 12.3. The maximum absolute atomic E-state index is 5.25. The van der Waals surface area contributed by atoms with E-state index >= 15 is 0 Å². The van der Waals surface area contributed by atoms with Crippen molar-refractivity contribution < 1.29 is 46.5 Å². The standard InChI is InChI=1S/C26H33N2.2ClH.Ti/c1-18-14-19(2)25(20(3)15-18)27-26(4,5)24-11-9-8-10-23(24)22-13-12-21(16-22)17-28(6)7;;;/h8-12,14-16H,13,17H2,1-7H3;2*1H;/q-1;;;+3/p-2. The van der Waals surface area contributed by atoms with Gasteiger partial charge in [0.05, 0.1) is 0 Å². The van der Waals surface area contributed by atoms with Gasteiger partial charge in [-0.3, -0.25) is 0 Å². The van der Waals surface area contributed by atoms with Crippen LogP contribution >= 0.6 is 0 Å². The molecular formula is C26H33Cl2N2Ti. The van der Waals surface area contributed by atoms with Crippen LogP contribution in [-0.4, -0.2) is 25.5 Å². The number of likely N-dealkylation sites (N-methyl/N-ethyl adjacent to an activating group) is 1. The Morgan fingerprint density at radius 3 is 2.13 bits per heavy atom. The Morgan fingerprint density at radius 2 is 1.55 bits per heavy atom. The van der Waals surface area contributed by atoms with Gasteiger partial charge in [-0.25, -0.2) is 0 Å². The Labute approximate surface area is 216 Å². The summed E-state index contributed by atoms with van der Waals surface area (Å²) in [5.41, 5.74) is 10.0. The molecule has 3 rings (SSSR count). The van der Waals surface area contributed by atoms with E-state index in [9.17, 15) is 0 Å². The van der Waals surface area contributed by atoms with E-state index in [1.807, 2.05) is 0 Å². The number of hydrogen-bond acceptors (Lipinski definition) is 1. The molecule has 2 aromatic rings. The van der Waals surface area contributed by atoms with Crippen molar-refractivity contribution in [3.63, 3.8) is 0 Å². The summed E-state index contributed by atoms with van der Waals surface area (Å²) in [6.07, 6.45) is 5.71. The molecule has 0 fully saturated rings. The van der Waals surface area contributed by atoms with Gasteiger partial charge >= 0.3 is 21.7 Å². The summed E-state index contributed by atoms with van der Waals surface area (Å²) in [5, 5.41) is 5.25. The van der Waals surface area contributed by atoms with Gasteiger partial charge in [-0.05, 0) is 58.0 Å². The van der Waals surface area contributed by atoms with Gasteiger partial charge in [0.25, 0.3) is 0 Å². The first-order valence-electron chi connectivity index (χ1n) is 10.1. The molecular weight excluding hydrogens is 459 g/mol. The van der Waals surface area contributed by atoms with Crippen molar-refractivity contribution in [1.29, 1.82) is 0 Å². The largest absolute Gasteiger partial charge is 3.00 e. The number of benzene rings is 2. The molecule has 0 aromatic heterocycles. The van der Waals surface area contributed by atoms with Crippen molar-refractivity contribution in [1.82, 2.24) is 4.90 Å². The fourth-order valence-corrected chi connectivity index (χ4v) is 4.23. The van der Waals surface area contributed by atoms with Crippen LogP contribution in [0.4, 0.5) is 5.69 Å². The quantitative estimate of drug-likeness (QED) is 0.547.